The average Bonchev–Trinajstić information content (AvgIpc) is 2.87. The van der Waals surface area contributed by atoms with E-state index >= 15 is 0 Å². The van der Waals surface area contributed by atoms with Crippen LogP contribution in [0.3, 0.4) is 0 Å². The van der Waals surface area contributed by atoms with E-state index in [9.17, 15) is 19.1 Å². The molecular weight excluding hydrogens is 321 g/mol. The molecular formula is C20H18FNO3. The van der Waals surface area contributed by atoms with Gasteiger partial charge in [0.2, 0.25) is 0 Å². The van der Waals surface area contributed by atoms with Gasteiger partial charge in [0, 0.05) is 17.7 Å². The quantitative estimate of drug-likeness (QED) is 0.915. The Balaban J connectivity index is 2.25. The van der Waals surface area contributed by atoms with Crippen molar-refractivity contribution in [2.45, 2.75) is 26.3 Å². The largest absolute Gasteiger partial charge is 0.503 e. The van der Waals surface area contributed by atoms with E-state index in [1.54, 1.807) is 31.2 Å². The summed E-state index contributed by atoms with van der Waals surface area (Å²) in [5, 5.41) is 10.3. The Hall–Kier alpha value is -2.95. The van der Waals surface area contributed by atoms with Crippen molar-refractivity contribution in [1.82, 2.24) is 0 Å². The fraction of sp³-hybridized carbons (Fsp3) is 0.200. The summed E-state index contributed by atoms with van der Waals surface area (Å²) in [4.78, 5) is 26.4. The molecule has 1 aliphatic rings. The number of hydrogen-bond donors (Lipinski definition) is 1. The SMILES string of the molecule is CCC(=O)C1=C(O)C(=O)N(c2ccccc2C)C1c1ccccc1F. The molecule has 0 bridgehead atoms. The Morgan fingerprint density at radius 2 is 1.80 bits per heavy atom. The Labute approximate surface area is 145 Å². The van der Waals surface area contributed by atoms with Crippen molar-refractivity contribution in [3.63, 3.8) is 0 Å². The summed E-state index contributed by atoms with van der Waals surface area (Å²) in [7, 11) is 0. The van der Waals surface area contributed by atoms with Crippen molar-refractivity contribution in [1.29, 1.82) is 0 Å². The van der Waals surface area contributed by atoms with Crippen LogP contribution < -0.4 is 4.90 Å². The van der Waals surface area contributed by atoms with Crippen molar-refractivity contribution in [3.05, 3.63) is 76.8 Å². The summed E-state index contributed by atoms with van der Waals surface area (Å²) >= 11 is 0. The topological polar surface area (TPSA) is 57.6 Å². The van der Waals surface area contributed by atoms with Crippen molar-refractivity contribution in [2.75, 3.05) is 4.90 Å². The average molecular weight is 339 g/mol. The minimum absolute atomic E-state index is 0.0548. The summed E-state index contributed by atoms with van der Waals surface area (Å²) < 4.78 is 14.5. The number of para-hydroxylation sites is 1. The van der Waals surface area contributed by atoms with E-state index in [-0.39, 0.29) is 23.3 Å². The summed E-state index contributed by atoms with van der Waals surface area (Å²) in [5.41, 5.74) is 1.45. The molecule has 1 heterocycles. The third kappa shape index (κ3) is 2.71. The lowest BCUT2D eigenvalue weighted by Crippen LogP contribution is -2.32. The van der Waals surface area contributed by atoms with Gasteiger partial charge in [0.25, 0.3) is 5.91 Å². The van der Waals surface area contributed by atoms with Crippen LogP contribution in [0.1, 0.15) is 30.5 Å². The maximum Gasteiger partial charge on any atom is 0.294 e. The fourth-order valence-electron chi connectivity index (χ4n) is 3.15. The van der Waals surface area contributed by atoms with Gasteiger partial charge in [-0.15, -0.1) is 0 Å². The lowest BCUT2D eigenvalue weighted by Gasteiger charge is -2.28. The second-order valence-electron chi connectivity index (χ2n) is 5.92. The number of Topliss-reactive ketones (excluding diaryl/α,β-unsaturated/α-hetero) is 1. The van der Waals surface area contributed by atoms with Crippen molar-refractivity contribution in [2.24, 2.45) is 0 Å². The van der Waals surface area contributed by atoms with Crippen molar-refractivity contribution >= 4 is 17.4 Å². The molecule has 0 radical (unpaired) electrons. The molecule has 0 aromatic heterocycles. The van der Waals surface area contributed by atoms with Gasteiger partial charge >= 0.3 is 0 Å². The van der Waals surface area contributed by atoms with Crippen molar-refractivity contribution < 1.29 is 19.1 Å². The maximum absolute atomic E-state index is 14.5. The molecule has 1 amide bonds. The number of carbonyl (C=O) groups is 2. The number of aryl methyl sites for hydroxylation is 1. The summed E-state index contributed by atoms with van der Waals surface area (Å²) in [5.74, 6) is -2.21. The number of amides is 1. The number of nitrogens with zero attached hydrogens (tertiary/aromatic N) is 1. The van der Waals surface area contributed by atoms with Gasteiger partial charge in [-0.1, -0.05) is 43.3 Å². The molecule has 25 heavy (non-hydrogen) atoms. The lowest BCUT2D eigenvalue weighted by molar-refractivity contribution is -0.118. The van der Waals surface area contributed by atoms with Crippen molar-refractivity contribution in [3.8, 4) is 0 Å². The van der Waals surface area contributed by atoms with Gasteiger partial charge in [0.15, 0.2) is 11.5 Å². The Morgan fingerprint density at radius 3 is 2.44 bits per heavy atom. The first kappa shape index (κ1) is 16.9. The highest BCUT2D eigenvalue weighted by molar-refractivity contribution is 6.16. The standard InChI is InChI=1S/C20H18FNO3/c1-3-16(23)17-18(13-9-5-6-10-14(13)21)22(20(25)19(17)24)15-11-7-4-8-12(15)2/h4-11,18,24H,3H2,1-2H3. The second kappa shape index (κ2) is 6.51. The van der Waals surface area contributed by atoms with E-state index in [4.69, 9.17) is 0 Å². The molecule has 0 saturated carbocycles. The predicted octanol–water partition coefficient (Wildman–Crippen LogP) is 4.01. The molecule has 1 N–H and O–H groups in total. The number of benzene rings is 2. The Bertz CT molecular complexity index is 888. The van der Waals surface area contributed by atoms with Gasteiger partial charge in [-0.2, -0.15) is 0 Å². The highest BCUT2D eigenvalue weighted by atomic mass is 19.1. The molecule has 0 fully saturated rings. The highest BCUT2D eigenvalue weighted by Gasteiger charge is 2.45. The number of aliphatic hydroxyl groups is 1. The Kier molecular flexibility index (Phi) is 4.40. The normalized spacial score (nSPS) is 17.3. The molecule has 0 saturated heterocycles. The van der Waals surface area contributed by atoms with E-state index in [0.717, 1.165) is 5.56 Å². The Morgan fingerprint density at radius 1 is 1.16 bits per heavy atom. The summed E-state index contributed by atoms with van der Waals surface area (Å²) in [6, 6.07) is 12.1. The molecule has 1 unspecified atom stereocenters. The molecule has 3 rings (SSSR count). The van der Waals surface area contributed by atoms with Crippen LogP contribution in [0, 0.1) is 12.7 Å². The van der Waals surface area contributed by atoms with E-state index in [1.165, 1.54) is 17.0 Å². The van der Waals surface area contributed by atoms with E-state index in [0.29, 0.717) is 5.69 Å². The zero-order valence-corrected chi connectivity index (χ0v) is 14.0. The van der Waals surface area contributed by atoms with E-state index in [1.807, 2.05) is 19.1 Å². The van der Waals surface area contributed by atoms with Gasteiger partial charge in [-0.05, 0) is 24.6 Å². The van der Waals surface area contributed by atoms with Gasteiger partial charge in [-0.3, -0.25) is 14.5 Å². The smallest absolute Gasteiger partial charge is 0.294 e. The van der Waals surface area contributed by atoms with Crippen LogP contribution in [0.2, 0.25) is 0 Å². The molecule has 128 valence electrons. The molecule has 5 heteroatoms. The number of rotatable bonds is 4. The molecule has 2 aromatic rings. The van der Waals surface area contributed by atoms with E-state index < -0.39 is 23.5 Å². The third-order valence-electron chi connectivity index (χ3n) is 4.40. The first-order valence-electron chi connectivity index (χ1n) is 8.07. The molecule has 0 spiro atoms. The van der Waals surface area contributed by atoms with Crippen LogP contribution >= 0.6 is 0 Å². The van der Waals surface area contributed by atoms with Crippen LogP contribution in [0.25, 0.3) is 0 Å². The monoisotopic (exact) mass is 339 g/mol. The molecule has 1 atom stereocenters. The molecule has 2 aromatic carbocycles. The number of ketones is 1. The number of hydrogen-bond acceptors (Lipinski definition) is 3. The maximum atomic E-state index is 14.5. The third-order valence-corrected chi connectivity index (χ3v) is 4.40. The minimum atomic E-state index is -0.984. The first-order valence-corrected chi connectivity index (χ1v) is 8.07. The zero-order chi connectivity index (χ0) is 18.1. The molecule has 0 aliphatic carbocycles. The van der Waals surface area contributed by atoms with Gasteiger partial charge in [0.1, 0.15) is 5.82 Å². The van der Waals surface area contributed by atoms with Crippen LogP contribution in [0.15, 0.2) is 59.9 Å². The second-order valence-corrected chi connectivity index (χ2v) is 5.92. The minimum Gasteiger partial charge on any atom is -0.503 e. The fourth-order valence-corrected chi connectivity index (χ4v) is 3.15. The van der Waals surface area contributed by atoms with Crippen LogP contribution in [-0.2, 0) is 9.59 Å². The van der Waals surface area contributed by atoms with Crippen LogP contribution in [0.4, 0.5) is 10.1 Å². The predicted molar refractivity (Wildman–Crippen MR) is 92.8 cm³/mol. The van der Waals surface area contributed by atoms with Gasteiger partial charge in [0.05, 0.1) is 11.6 Å². The molecule has 1 aliphatic heterocycles. The summed E-state index contributed by atoms with van der Waals surface area (Å²) in [6.45, 7) is 3.46. The number of halogens is 1. The van der Waals surface area contributed by atoms with E-state index in [2.05, 4.69) is 0 Å². The summed E-state index contributed by atoms with van der Waals surface area (Å²) in [6.07, 6.45) is 0.110. The van der Waals surface area contributed by atoms with Gasteiger partial charge < -0.3 is 5.11 Å². The first-order chi connectivity index (χ1) is 12.0. The highest BCUT2D eigenvalue weighted by Crippen LogP contribution is 2.42. The number of aliphatic hydroxyl groups excluding tert-OH is 1. The zero-order valence-electron chi connectivity index (χ0n) is 14.0. The van der Waals surface area contributed by atoms with Crippen LogP contribution in [0.5, 0.6) is 0 Å². The van der Waals surface area contributed by atoms with Gasteiger partial charge in [-0.25, -0.2) is 4.39 Å². The number of anilines is 1. The lowest BCUT2D eigenvalue weighted by atomic mass is 9.94. The van der Waals surface area contributed by atoms with Crippen LogP contribution in [-0.4, -0.2) is 16.8 Å². The molecule has 4 nitrogen and oxygen atoms in total. The number of carbonyl (C=O) groups excluding carboxylic acids is 2.